The number of hydrogen-bond donors (Lipinski definition) is 1. The summed E-state index contributed by atoms with van der Waals surface area (Å²) < 4.78 is 12.8. The molecule has 8 heteroatoms. The van der Waals surface area contributed by atoms with Crippen molar-refractivity contribution in [1.29, 1.82) is 0 Å². The summed E-state index contributed by atoms with van der Waals surface area (Å²) in [5.41, 5.74) is 1.07. The number of ether oxygens (including phenoxy) is 1. The molecule has 1 aromatic carbocycles. The van der Waals surface area contributed by atoms with Crippen molar-refractivity contribution in [2.75, 3.05) is 19.4 Å². The molecule has 0 aliphatic carbocycles. The zero-order valence-electron chi connectivity index (χ0n) is 16.9. The number of carbonyl (C=O) groups excluding carboxylic acids is 1. The molecule has 0 bridgehead atoms. The van der Waals surface area contributed by atoms with Gasteiger partial charge < -0.3 is 14.5 Å². The molecule has 2 heterocycles. The van der Waals surface area contributed by atoms with Crippen LogP contribution >= 0.6 is 11.8 Å². The van der Waals surface area contributed by atoms with E-state index in [1.54, 1.807) is 13.4 Å². The van der Waals surface area contributed by atoms with Gasteiger partial charge in [-0.2, -0.15) is 0 Å². The molecule has 0 spiro atoms. The lowest BCUT2D eigenvalue weighted by atomic mass is 10.1. The molecule has 154 valence electrons. The number of rotatable bonds is 10. The molecular formula is C21H26N4O3S. The van der Waals surface area contributed by atoms with Gasteiger partial charge in [0.1, 0.15) is 5.75 Å². The van der Waals surface area contributed by atoms with Crippen LogP contribution < -0.4 is 10.1 Å². The molecule has 0 aliphatic rings. The summed E-state index contributed by atoms with van der Waals surface area (Å²) in [5.74, 6) is 2.84. The molecule has 0 radical (unpaired) electrons. The fraction of sp³-hybridized carbons (Fsp3) is 0.381. The molecule has 7 nitrogen and oxygen atoms in total. The van der Waals surface area contributed by atoms with Crippen LogP contribution in [0.5, 0.6) is 5.75 Å². The molecule has 3 rings (SSSR count). The standard InChI is InChI=1S/C21H26N4O3S/c1-15(2)13-25-20(18-9-6-12-28-18)23-24-21(25)29-14-19(26)22-11-10-16-7-4-5-8-17(16)27-3/h4-9,12,15H,10-11,13-14H2,1-3H3,(H,22,26). The predicted octanol–water partition coefficient (Wildman–Crippen LogP) is 3.65. The Morgan fingerprint density at radius 1 is 1.24 bits per heavy atom. The maximum absolute atomic E-state index is 12.3. The third-order valence-electron chi connectivity index (χ3n) is 4.25. The number of hydrogen-bond acceptors (Lipinski definition) is 6. The Bertz CT molecular complexity index is 922. The molecule has 0 fully saturated rings. The van der Waals surface area contributed by atoms with Gasteiger partial charge in [-0.1, -0.05) is 43.8 Å². The minimum atomic E-state index is -0.0384. The number of amides is 1. The molecular weight excluding hydrogens is 388 g/mol. The van der Waals surface area contributed by atoms with E-state index in [2.05, 4.69) is 29.4 Å². The van der Waals surface area contributed by atoms with Crippen LogP contribution in [-0.2, 0) is 17.8 Å². The van der Waals surface area contributed by atoms with Crippen molar-refractivity contribution in [3.05, 3.63) is 48.2 Å². The van der Waals surface area contributed by atoms with E-state index in [4.69, 9.17) is 9.15 Å². The van der Waals surface area contributed by atoms with Crippen molar-refractivity contribution in [1.82, 2.24) is 20.1 Å². The lowest BCUT2D eigenvalue weighted by Crippen LogP contribution is -2.27. The minimum Gasteiger partial charge on any atom is -0.496 e. The van der Waals surface area contributed by atoms with Gasteiger partial charge in [-0.25, -0.2) is 0 Å². The molecule has 0 aliphatic heterocycles. The zero-order valence-corrected chi connectivity index (χ0v) is 17.7. The Morgan fingerprint density at radius 2 is 2.07 bits per heavy atom. The summed E-state index contributed by atoms with van der Waals surface area (Å²) >= 11 is 1.38. The van der Waals surface area contributed by atoms with Crippen LogP contribution in [0.1, 0.15) is 19.4 Å². The number of carbonyl (C=O) groups is 1. The van der Waals surface area contributed by atoms with Gasteiger partial charge in [0, 0.05) is 13.1 Å². The van der Waals surface area contributed by atoms with Gasteiger partial charge in [0.05, 0.1) is 19.1 Å². The van der Waals surface area contributed by atoms with Crippen LogP contribution in [0, 0.1) is 5.92 Å². The summed E-state index contributed by atoms with van der Waals surface area (Å²) in [6, 6.07) is 11.5. The number of benzene rings is 1. The van der Waals surface area contributed by atoms with Crippen molar-refractivity contribution in [3.8, 4) is 17.3 Å². The van der Waals surface area contributed by atoms with Gasteiger partial charge in [0.2, 0.25) is 5.91 Å². The Labute approximate surface area is 174 Å². The summed E-state index contributed by atoms with van der Waals surface area (Å²) in [6.45, 7) is 5.56. The van der Waals surface area contributed by atoms with Crippen molar-refractivity contribution in [2.24, 2.45) is 5.92 Å². The molecule has 0 unspecified atom stereocenters. The first-order valence-corrected chi connectivity index (χ1v) is 10.6. The van der Waals surface area contributed by atoms with Gasteiger partial charge in [0.15, 0.2) is 16.7 Å². The third kappa shape index (κ3) is 5.63. The van der Waals surface area contributed by atoms with E-state index in [0.717, 1.165) is 17.9 Å². The van der Waals surface area contributed by atoms with E-state index in [1.807, 2.05) is 41.0 Å². The highest BCUT2D eigenvalue weighted by atomic mass is 32.2. The lowest BCUT2D eigenvalue weighted by Gasteiger charge is -2.11. The minimum absolute atomic E-state index is 0.0384. The van der Waals surface area contributed by atoms with E-state index >= 15 is 0 Å². The summed E-state index contributed by atoms with van der Waals surface area (Å²) in [7, 11) is 1.65. The van der Waals surface area contributed by atoms with Gasteiger partial charge >= 0.3 is 0 Å². The maximum atomic E-state index is 12.3. The number of nitrogens with one attached hydrogen (secondary N) is 1. The smallest absolute Gasteiger partial charge is 0.230 e. The van der Waals surface area contributed by atoms with E-state index in [1.165, 1.54) is 11.8 Å². The highest BCUT2D eigenvalue weighted by molar-refractivity contribution is 7.99. The fourth-order valence-corrected chi connectivity index (χ4v) is 3.72. The van der Waals surface area contributed by atoms with Crippen LogP contribution in [0.25, 0.3) is 11.6 Å². The van der Waals surface area contributed by atoms with Crippen LogP contribution in [0.4, 0.5) is 0 Å². The SMILES string of the molecule is COc1ccccc1CCNC(=O)CSc1nnc(-c2ccco2)n1CC(C)C. The molecule has 3 aromatic rings. The molecule has 29 heavy (non-hydrogen) atoms. The zero-order chi connectivity index (χ0) is 20.6. The second kappa shape index (κ2) is 10.2. The van der Waals surface area contributed by atoms with Crippen LogP contribution in [-0.4, -0.2) is 40.1 Å². The lowest BCUT2D eigenvalue weighted by molar-refractivity contribution is -0.118. The number of para-hydroxylation sites is 1. The van der Waals surface area contributed by atoms with Crippen molar-refractivity contribution < 1.29 is 13.9 Å². The highest BCUT2D eigenvalue weighted by Crippen LogP contribution is 2.25. The summed E-state index contributed by atoms with van der Waals surface area (Å²) in [4.78, 5) is 12.3. The Hall–Kier alpha value is -2.74. The van der Waals surface area contributed by atoms with Crippen molar-refractivity contribution >= 4 is 17.7 Å². The molecule has 0 saturated carbocycles. The Balaban J connectivity index is 1.56. The predicted molar refractivity (Wildman–Crippen MR) is 113 cm³/mol. The second-order valence-corrected chi connectivity index (χ2v) is 7.93. The Morgan fingerprint density at radius 3 is 2.79 bits per heavy atom. The quantitative estimate of drug-likeness (QED) is 0.510. The summed E-state index contributed by atoms with van der Waals surface area (Å²) in [6.07, 6.45) is 2.33. The number of thioether (sulfide) groups is 1. The topological polar surface area (TPSA) is 82.2 Å². The largest absolute Gasteiger partial charge is 0.496 e. The molecule has 1 amide bonds. The monoisotopic (exact) mass is 414 g/mol. The van der Waals surface area contributed by atoms with Crippen LogP contribution in [0.3, 0.4) is 0 Å². The number of aromatic nitrogens is 3. The maximum Gasteiger partial charge on any atom is 0.230 e. The second-order valence-electron chi connectivity index (χ2n) is 6.99. The fourth-order valence-electron chi connectivity index (χ4n) is 2.94. The van der Waals surface area contributed by atoms with E-state index < -0.39 is 0 Å². The van der Waals surface area contributed by atoms with Gasteiger partial charge in [-0.05, 0) is 36.1 Å². The van der Waals surface area contributed by atoms with E-state index in [0.29, 0.717) is 35.6 Å². The normalized spacial score (nSPS) is 11.0. The van der Waals surface area contributed by atoms with E-state index in [-0.39, 0.29) is 11.7 Å². The molecule has 0 saturated heterocycles. The first kappa shape index (κ1) is 21.0. The van der Waals surface area contributed by atoms with E-state index in [9.17, 15) is 4.79 Å². The third-order valence-corrected chi connectivity index (χ3v) is 5.21. The van der Waals surface area contributed by atoms with Crippen LogP contribution in [0.2, 0.25) is 0 Å². The number of furan rings is 1. The first-order chi connectivity index (χ1) is 14.1. The Kier molecular flexibility index (Phi) is 7.35. The molecule has 1 N–H and O–H groups in total. The van der Waals surface area contributed by atoms with Gasteiger partial charge in [-0.3, -0.25) is 9.36 Å². The van der Waals surface area contributed by atoms with Crippen molar-refractivity contribution in [3.63, 3.8) is 0 Å². The highest BCUT2D eigenvalue weighted by Gasteiger charge is 2.18. The average molecular weight is 415 g/mol. The van der Waals surface area contributed by atoms with Gasteiger partial charge in [0.25, 0.3) is 0 Å². The van der Waals surface area contributed by atoms with Gasteiger partial charge in [-0.15, -0.1) is 10.2 Å². The summed E-state index contributed by atoms with van der Waals surface area (Å²) in [5, 5.41) is 12.2. The number of methoxy groups -OCH3 is 1. The number of nitrogens with zero attached hydrogens (tertiary/aromatic N) is 3. The average Bonchev–Trinajstić information content (AvgIpc) is 3.36. The van der Waals surface area contributed by atoms with Crippen LogP contribution in [0.15, 0.2) is 52.2 Å². The molecule has 0 atom stereocenters. The van der Waals surface area contributed by atoms with Crippen molar-refractivity contribution in [2.45, 2.75) is 32.0 Å². The first-order valence-electron chi connectivity index (χ1n) is 9.57. The molecule has 2 aromatic heterocycles.